The number of carbonyl (C=O) groups is 1. The largest absolute Gasteiger partial charge is 0.393 e. The summed E-state index contributed by atoms with van der Waals surface area (Å²) in [5.74, 6) is -1.30. The summed E-state index contributed by atoms with van der Waals surface area (Å²) in [4.78, 5) is 17.6. The number of aromatic nitrogens is 1. The van der Waals surface area contributed by atoms with E-state index < -0.39 is 12.1 Å². The van der Waals surface area contributed by atoms with Gasteiger partial charge >= 0.3 is 6.18 Å². The highest BCUT2D eigenvalue weighted by molar-refractivity contribution is 7.17. The minimum atomic E-state index is -4.16. The quantitative estimate of drug-likeness (QED) is 0.796. The number of aldehydes is 1. The number of aryl methyl sites for hydroxylation is 1. The third-order valence-corrected chi connectivity index (χ3v) is 4.55. The van der Waals surface area contributed by atoms with Crippen LogP contribution in [0.4, 0.5) is 18.3 Å². The molecule has 0 spiro atoms. The first kappa shape index (κ1) is 15.3. The number of carbonyl (C=O) groups excluding carboxylic acids is 1. The summed E-state index contributed by atoms with van der Waals surface area (Å²) in [6, 6.07) is 0. The molecule has 1 aromatic heterocycles. The molecule has 1 aromatic rings. The SMILES string of the molecule is CCCc1nc(N2CCCC(C(F)(F)F)C2)sc1C=O. The van der Waals surface area contributed by atoms with Crippen LogP contribution in [0.3, 0.4) is 0 Å². The maximum atomic E-state index is 12.8. The summed E-state index contributed by atoms with van der Waals surface area (Å²) < 4.78 is 38.4. The molecule has 0 aromatic carbocycles. The molecule has 0 amide bonds. The average Bonchev–Trinajstić information content (AvgIpc) is 2.82. The van der Waals surface area contributed by atoms with E-state index in [9.17, 15) is 18.0 Å². The molecule has 0 aliphatic carbocycles. The maximum absolute atomic E-state index is 12.8. The maximum Gasteiger partial charge on any atom is 0.393 e. The molecule has 3 nitrogen and oxygen atoms in total. The van der Waals surface area contributed by atoms with Gasteiger partial charge in [0.1, 0.15) is 0 Å². The standard InChI is InChI=1S/C13H17F3N2OS/c1-2-4-10-11(8-19)20-12(17-10)18-6-3-5-9(7-18)13(14,15)16/h8-9H,2-7H2,1H3. The van der Waals surface area contributed by atoms with Gasteiger partial charge in [-0.3, -0.25) is 4.79 Å². The van der Waals surface area contributed by atoms with Crippen LogP contribution in [0.2, 0.25) is 0 Å². The molecule has 1 atom stereocenters. The third kappa shape index (κ3) is 3.31. The molecule has 2 heterocycles. The first-order valence-electron chi connectivity index (χ1n) is 6.72. The Morgan fingerprint density at radius 1 is 1.50 bits per heavy atom. The molecule has 112 valence electrons. The number of hydrogen-bond donors (Lipinski definition) is 0. The number of halogens is 3. The van der Waals surface area contributed by atoms with Crippen molar-refractivity contribution in [2.45, 2.75) is 38.8 Å². The fourth-order valence-electron chi connectivity index (χ4n) is 2.41. The Morgan fingerprint density at radius 3 is 2.85 bits per heavy atom. The molecule has 1 aliphatic rings. The summed E-state index contributed by atoms with van der Waals surface area (Å²) in [6.07, 6.45) is -1.19. The fourth-order valence-corrected chi connectivity index (χ4v) is 3.37. The van der Waals surface area contributed by atoms with E-state index in [4.69, 9.17) is 0 Å². The van der Waals surface area contributed by atoms with E-state index in [0.717, 1.165) is 12.7 Å². The van der Waals surface area contributed by atoms with Crippen molar-refractivity contribution in [3.63, 3.8) is 0 Å². The van der Waals surface area contributed by atoms with E-state index in [0.29, 0.717) is 35.1 Å². The Kier molecular flexibility index (Phi) is 4.67. The van der Waals surface area contributed by atoms with Crippen molar-refractivity contribution in [2.24, 2.45) is 5.92 Å². The molecule has 1 aliphatic heterocycles. The van der Waals surface area contributed by atoms with Crippen LogP contribution in [0, 0.1) is 5.92 Å². The second-order valence-corrected chi connectivity index (χ2v) is 6.01. The number of nitrogens with zero attached hydrogens (tertiary/aromatic N) is 2. The molecule has 0 bridgehead atoms. The summed E-state index contributed by atoms with van der Waals surface area (Å²) in [5.41, 5.74) is 0.705. The van der Waals surface area contributed by atoms with Crippen LogP contribution in [0.1, 0.15) is 41.6 Å². The topological polar surface area (TPSA) is 33.2 Å². The number of thiazole rings is 1. The predicted molar refractivity (Wildman–Crippen MR) is 72.5 cm³/mol. The Balaban J connectivity index is 2.16. The van der Waals surface area contributed by atoms with Crippen LogP contribution in [-0.4, -0.2) is 30.5 Å². The first-order chi connectivity index (χ1) is 9.45. The smallest absolute Gasteiger partial charge is 0.347 e. The van der Waals surface area contributed by atoms with Gasteiger partial charge in [-0.1, -0.05) is 24.7 Å². The van der Waals surface area contributed by atoms with Gasteiger partial charge in [0, 0.05) is 13.1 Å². The van der Waals surface area contributed by atoms with E-state index in [1.54, 1.807) is 4.90 Å². The molecule has 2 rings (SSSR count). The monoisotopic (exact) mass is 306 g/mol. The zero-order chi connectivity index (χ0) is 14.8. The highest BCUT2D eigenvalue weighted by Gasteiger charge is 2.42. The predicted octanol–water partition coefficient (Wildman–Crippen LogP) is 3.69. The Labute approximate surface area is 119 Å². The number of hydrogen-bond acceptors (Lipinski definition) is 4. The van der Waals surface area contributed by atoms with Crippen molar-refractivity contribution < 1.29 is 18.0 Å². The first-order valence-corrected chi connectivity index (χ1v) is 7.54. The van der Waals surface area contributed by atoms with Crippen molar-refractivity contribution in [1.29, 1.82) is 0 Å². The van der Waals surface area contributed by atoms with E-state index in [1.807, 2.05) is 6.92 Å². The van der Waals surface area contributed by atoms with E-state index in [-0.39, 0.29) is 13.0 Å². The molecule has 0 saturated carbocycles. The van der Waals surface area contributed by atoms with Gasteiger partial charge in [-0.25, -0.2) is 4.98 Å². The minimum Gasteiger partial charge on any atom is -0.347 e. The lowest BCUT2D eigenvalue weighted by Crippen LogP contribution is -2.41. The van der Waals surface area contributed by atoms with Gasteiger partial charge in [0.05, 0.1) is 16.5 Å². The van der Waals surface area contributed by atoms with Crippen molar-refractivity contribution in [3.05, 3.63) is 10.6 Å². The molecule has 1 fully saturated rings. The van der Waals surface area contributed by atoms with E-state index in [2.05, 4.69) is 4.98 Å². The second-order valence-electron chi connectivity index (χ2n) is 5.00. The fraction of sp³-hybridized carbons (Fsp3) is 0.692. The zero-order valence-corrected chi connectivity index (χ0v) is 12.1. The molecular formula is C13H17F3N2OS. The number of piperidine rings is 1. The molecule has 0 N–H and O–H groups in total. The second kappa shape index (κ2) is 6.11. The average molecular weight is 306 g/mol. The van der Waals surface area contributed by atoms with Crippen molar-refractivity contribution in [2.75, 3.05) is 18.0 Å². The normalized spacial score (nSPS) is 20.2. The van der Waals surface area contributed by atoms with E-state index >= 15 is 0 Å². The van der Waals surface area contributed by atoms with Gasteiger partial charge in [0.15, 0.2) is 11.4 Å². The lowest BCUT2D eigenvalue weighted by molar-refractivity contribution is -0.175. The van der Waals surface area contributed by atoms with Gasteiger partial charge in [-0.05, 0) is 19.3 Å². The van der Waals surface area contributed by atoms with Gasteiger partial charge in [0.25, 0.3) is 0 Å². The zero-order valence-electron chi connectivity index (χ0n) is 11.2. The molecule has 0 radical (unpaired) electrons. The highest BCUT2D eigenvalue weighted by atomic mass is 32.1. The van der Waals surface area contributed by atoms with Gasteiger partial charge in [0.2, 0.25) is 0 Å². The van der Waals surface area contributed by atoms with Crippen LogP contribution in [0.5, 0.6) is 0 Å². The van der Waals surface area contributed by atoms with Gasteiger partial charge in [-0.15, -0.1) is 0 Å². The Bertz CT molecular complexity index is 473. The Morgan fingerprint density at radius 2 is 2.25 bits per heavy atom. The lowest BCUT2D eigenvalue weighted by atomic mass is 9.98. The van der Waals surface area contributed by atoms with Crippen LogP contribution in [0.15, 0.2) is 0 Å². The highest BCUT2D eigenvalue weighted by Crippen LogP contribution is 2.36. The van der Waals surface area contributed by atoms with Crippen molar-refractivity contribution >= 4 is 22.8 Å². The molecular weight excluding hydrogens is 289 g/mol. The number of alkyl halides is 3. The van der Waals surface area contributed by atoms with Gasteiger partial charge < -0.3 is 4.90 Å². The molecule has 20 heavy (non-hydrogen) atoms. The molecule has 7 heteroatoms. The number of anilines is 1. The molecule has 1 saturated heterocycles. The van der Waals surface area contributed by atoms with Crippen LogP contribution in [0.25, 0.3) is 0 Å². The van der Waals surface area contributed by atoms with Crippen molar-refractivity contribution in [1.82, 2.24) is 4.98 Å². The third-order valence-electron chi connectivity index (χ3n) is 3.46. The minimum absolute atomic E-state index is 0.0547. The molecule has 1 unspecified atom stereocenters. The Hall–Kier alpha value is -1.11. The van der Waals surface area contributed by atoms with Crippen LogP contribution < -0.4 is 4.90 Å². The van der Waals surface area contributed by atoms with Gasteiger partial charge in [-0.2, -0.15) is 13.2 Å². The van der Waals surface area contributed by atoms with Crippen LogP contribution in [-0.2, 0) is 6.42 Å². The van der Waals surface area contributed by atoms with Crippen LogP contribution >= 0.6 is 11.3 Å². The lowest BCUT2D eigenvalue weighted by Gasteiger charge is -2.33. The van der Waals surface area contributed by atoms with E-state index in [1.165, 1.54) is 11.3 Å². The number of rotatable bonds is 4. The summed E-state index contributed by atoms with van der Waals surface area (Å²) >= 11 is 1.20. The van der Waals surface area contributed by atoms with Crippen molar-refractivity contribution in [3.8, 4) is 0 Å². The summed E-state index contributed by atoms with van der Waals surface area (Å²) in [6.45, 7) is 2.50. The summed E-state index contributed by atoms with van der Waals surface area (Å²) in [7, 11) is 0. The summed E-state index contributed by atoms with van der Waals surface area (Å²) in [5, 5.41) is 0.546.